The van der Waals surface area contributed by atoms with Crippen molar-refractivity contribution >= 4 is 13.3 Å². The van der Waals surface area contributed by atoms with E-state index in [0.717, 1.165) is 5.75 Å². The summed E-state index contributed by atoms with van der Waals surface area (Å²) in [4.78, 5) is 0. The Hall–Kier alpha value is -0.915. The van der Waals surface area contributed by atoms with E-state index in [-0.39, 0.29) is 0 Å². The molecule has 1 aromatic carbocycles. The van der Waals surface area contributed by atoms with Gasteiger partial charge in [-0.05, 0) is 19.1 Å². The highest BCUT2D eigenvalue weighted by Gasteiger charge is 1.93. The second kappa shape index (κ2) is 2.78. The predicted octanol–water partition coefficient (Wildman–Crippen LogP) is 0.262. The normalized spacial score (nSPS) is 9.40. The van der Waals surface area contributed by atoms with Crippen LogP contribution in [0.3, 0.4) is 0 Å². The summed E-state index contributed by atoms with van der Waals surface area (Å²) in [6.45, 7) is 2.09. The summed E-state index contributed by atoms with van der Waals surface area (Å²) in [5.74, 6) is 0.933. The predicted molar refractivity (Wildman–Crippen MR) is 45.9 cm³/mol. The van der Waals surface area contributed by atoms with Crippen LogP contribution in [0, 0.1) is 6.92 Å². The molecule has 0 bridgehead atoms. The van der Waals surface area contributed by atoms with Crippen molar-refractivity contribution in [1.29, 1.82) is 0 Å². The molecule has 0 aliphatic heterocycles. The zero-order chi connectivity index (χ0) is 7.56. The van der Waals surface area contributed by atoms with Gasteiger partial charge in [0.25, 0.3) is 0 Å². The number of hydrogen-bond acceptors (Lipinski definition) is 1. The van der Waals surface area contributed by atoms with Gasteiger partial charge in [0.05, 0.1) is 7.11 Å². The number of ether oxygens (including phenoxy) is 1. The Labute approximate surface area is 62.4 Å². The zero-order valence-corrected chi connectivity index (χ0v) is 6.64. The number of benzene rings is 1. The Balaban J connectivity index is 3.04. The van der Waals surface area contributed by atoms with Crippen molar-refractivity contribution in [2.45, 2.75) is 6.92 Å². The Morgan fingerprint density at radius 1 is 1.40 bits per heavy atom. The molecule has 2 heteroatoms. The smallest absolute Gasteiger partial charge is 0.139 e. The highest BCUT2D eigenvalue weighted by atomic mass is 16.5. The van der Waals surface area contributed by atoms with Crippen LogP contribution in [0.4, 0.5) is 0 Å². The van der Waals surface area contributed by atoms with Crippen LogP contribution in [0.1, 0.15) is 5.56 Å². The topological polar surface area (TPSA) is 9.23 Å². The monoisotopic (exact) mass is 134 g/mol. The molecule has 1 aromatic rings. The lowest BCUT2D eigenvalue weighted by molar-refractivity contribution is 0.415. The number of hydrogen-bond donors (Lipinski definition) is 0. The maximum absolute atomic E-state index is 5.05. The first-order valence-electron chi connectivity index (χ1n) is 3.35. The van der Waals surface area contributed by atoms with Crippen molar-refractivity contribution < 1.29 is 4.74 Å². The molecule has 0 aliphatic carbocycles. The SMILES string of the molecule is Bc1cc(OC)ccc1C. The molecule has 1 nitrogen and oxygen atoms in total. The lowest BCUT2D eigenvalue weighted by Gasteiger charge is -2.02. The molecule has 1 rings (SSSR count). The Morgan fingerprint density at radius 2 is 2.10 bits per heavy atom. The van der Waals surface area contributed by atoms with Crippen LogP contribution >= 0.6 is 0 Å². The summed E-state index contributed by atoms with van der Waals surface area (Å²) < 4.78 is 5.05. The Kier molecular flexibility index (Phi) is 2.00. The van der Waals surface area contributed by atoms with Crippen molar-refractivity contribution in [1.82, 2.24) is 0 Å². The van der Waals surface area contributed by atoms with Crippen LogP contribution < -0.4 is 10.2 Å². The quantitative estimate of drug-likeness (QED) is 0.500. The average molecular weight is 134 g/mol. The fraction of sp³-hybridized carbons (Fsp3) is 0.250. The second-order valence-electron chi connectivity index (χ2n) is 2.45. The molecule has 0 aliphatic rings. The van der Waals surface area contributed by atoms with Gasteiger partial charge in [-0.2, -0.15) is 0 Å². The number of rotatable bonds is 1. The second-order valence-corrected chi connectivity index (χ2v) is 2.45. The lowest BCUT2D eigenvalue weighted by atomic mass is 9.91. The van der Waals surface area contributed by atoms with Crippen LogP contribution in [0.25, 0.3) is 0 Å². The summed E-state index contributed by atoms with van der Waals surface area (Å²) in [7, 11) is 3.77. The molecule has 0 atom stereocenters. The van der Waals surface area contributed by atoms with Crippen molar-refractivity contribution in [2.24, 2.45) is 0 Å². The third kappa shape index (κ3) is 1.32. The molecule has 52 valence electrons. The molecule has 10 heavy (non-hydrogen) atoms. The molecular formula is C8H11BO. The van der Waals surface area contributed by atoms with Crippen LogP contribution in [0.2, 0.25) is 0 Å². The van der Waals surface area contributed by atoms with Gasteiger partial charge in [-0.25, -0.2) is 0 Å². The summed E-state index contributed by atoms with van der Waals surface area (Å²) >= 11 is 0. The van der Waals surface area contributed by atoms with E-state index in [0.29, 0.717) is 0 Å². The van der Waals surface area contributed by atoms with Gasteiger partial charge in [0.1, 0.15) is 13.6 Å². The van der Waals surface area contributed by atoms with E-state index in [1.165, 1.54) is 11.0 Å². The maximum Gasteiger partial charge on any atom is 0.139 e. The molecule has 0 radical (unpaired) electrons. The van der Waals surface area contributed by atoms with Crippen LogP contribution in [-0.2, 0) is 0 Å². The highest BCUT2D eigenvalue weighted by Crippen LogP contribution is 2.07. The largest absolute Gasteiger partial charge is 0.497 e. The fourth-order valence-electron chi connectivity index (χ4n) is 0.841. The van der Waals surface area contributed by atoms with Gasteiger partial charge in [-0.1, -0.05) is 17.1 Å². The zero-order valence-electron chi connectivity index (χ0n) is 6.64. The molecule has 0 saturated heterocycles. The Morgan fingerprint density at radius 3 is 2.60 bits per heavy atom. The van der Waals surface area contributed by atoms with Crippen LogP contribution in [0.15, 0.2) is 18.2 Å². The molecule has 0 aromatic heterocycles. The average Bonchev–Trinajstić information content (AvgIpc) is 1.95. The van der Waals surface area contributed by atoms with Crippen molar-refractivity contribution in [2.75, 3.05) is 7.11 Å². The lowest BCUT2D eigenvalue weighted by Crippen LogP contribution is -2.06. The number of aryl methyl sites for hydroxylation is 1. The van der Waals surface area contributed by atoms with Gasteiger partial charge >= 0.3 is 0 Å². The van der Waals surface area contributed by atoms with E-state index in [4.69, 9.17) is 4.74 Å². The maximum atomic E-state index is 5.05. The van der Waals surface area contributed by atoms with Gasteiger partial charge < -0.3 is 4.74 Å². The van der Waals surface area contributed by atoms with Crippen molar-refractivity contribution in [3.8, 4) is 5.75 Å². The summed E-state index contributed by atoms with van der Waals surface area (Å²) in [6.07, 6.45) is 0. The molecule has 0 saturated carbocycles. The molecule has 0 unspecified atom stereocenters. The minimum absolute atomic E-state index is 0.933. The Bertz CT molecular complexity index is 233. The van der Waals surface area contributed by atoms with E-state index < -0.39 is 0 Å². The van der Waals surface area contributed by atoms with Gasteiger partial charge in [-0.15, -0.1) is 0 Å². The first-order valence-corrected chi connectivity index (χ1v) is 3.35. The van der Waals surface area contributed by atoms with E-state index in [1.807, 2.05) is 12.1 Å². The molecule has 0 N–H and O–H groups in total. The molecule has 0 heterocycles. The first-order chi connectivity index (χ1) is 4.74. The van der Waals surface area contributed by atoms with E-state index in [1.54, 1.807) is 7.11 Å². The minimum atomic E-state index is 0.933. The summed E-state index contributed by atoms with van der Waals surface area (Å²) in [6, 6.07) is 6.08. The summed E-state index contributed by atoms with van der Waals surface area (Å²) in [5, 5.41) is 0. The minimum Gasteiger partial charge on any atom is -0.497 e. The highest BCUT2D eigenvalue weighted by molar-refractivity contribution is 6.33. The van der Waals surface area contributed by atoms with Gasteiger partial charge in [0, 0.05) is 0 Å². The van der Waals surface area contributed by atoms with E-state index in [9.17, 15) is 0 Å². The van der Waals surface area contributed by atoms with E-state index in [2.05, 4.69) is 20.8 Å². The van der Waals surface area contributed by atoms with Gasteiger partial charge in [0.15, 0.2) is 0 Å². The van der Waals surface area contributed by atoms with Crippen LogP contribution in [0.5, 0.6) is 5.75 Å². The first kappa shape index (κ1) is 7.20. The van der Waals surface area contributed by atoms with Crippen LogP contribution in [-0.4, -0.2) is 15.0 Å². The summed E-state index contributed by atoms with van der Waals surface area (Å²) in [5.41, 5.74) is 2.58. The molecule has 0 amide bonds. The number of methoxy groups -OCH3 is 1. The van der Waals surface area contributed by atoms with Crippen molar-refractivity contribution in [3.63, 3.8) is 0 Å². The molecule has 0 fully saturated rings. The van der Waals surface area contributed by atoms with Gasteiger partial charge in [-0.3, -0.25) is 0 Å². The fourth-order valence-corrected chi connectivity index (χ4v) is 0.841. The molecule has 0 spiro atoms. The third-order valence-corrected chi connectivity index (χ3v) is 1.71. The van der Waals surface area contributed by atoms with E-state index >= 15 is 0 Å². The van der Waals surface area contributed by atoms with Crippen molar-refractivity contribution in [3.05, 3.63) is 23.8 Å². The standard InChI is InChI=1S/C8H11BO/c1-6-3-4-7(10-2)5-8(6)9/h3-5H,9H2,1-2H3. The van der Waals surface area contributed by atoms with Gasteiger partial charge in [0.2, 0.25) is 0 Å². The molecular weight excluding hydrogens is 123 g/mol. The third-order valence-electron chi connectivity index (χ3n) is 1.71.